The number of likely N-dealkylation sites (tertiary alicyclic amines) is 1. The van der Waals surface area contributed by atoms with E-state index >= 15 is 0 Å². The number of piperidine rings is 1. The van der Waals surface area contributed by atoms with E-state index in [-0.39, 0.29) is 12.0 Å². The van der Waals surface area contributed by atoms with Crippen molar-refractivity contribution in [3.05, 3.63) is 0 Å². The van der Waals surface area contributed by atoms with Crippen LogP contribution in [0.1, 0.15) is 19.8 Å². The van der Waals surface area contributed by atoms with Crippen molar-refractivity contribution in [3.63, 3.8) is 0 Å². The number of nitrogens with two attached hydrogens (primary N) is 1. The van der Waals surface area contributed by atoms with Crippen molar-refractivity contribution in [3.8, 4) is 0 Å². The molecule has 1 heterocycles. The largest absolute Gasteiger partial charge is 0.327 e. The fourth-order valence-corrected chi connectivity index (χ4v) is 1.79. The Labute approximate surface area is 78.1 Å². The van der Waals surface area contributed by atoms with E-state index in [1.165, 1.54) is 0 Å². The van der Waals surface area contributed by atoms with Crippen molar-refractivity contribution >= 4 is 0 Å². The summed E-state index contributed by atoms with van der Waals surface area (Å²) in [5.74, 6) is -0.385. The molecule has 1 saturated heterocycles. The zero-order valence-corrected chi connectivity index (χ0v) is 8.05. The molecule has 1 aliphatic rings. The lowest BCUT2D eigenvalue weighted by Gasteiger charge is -2.32. The number of nitrogens with zero attached hydrogens (tertiary/aromatic N) is 1. The van der Waals surface area contributed by atoms with Gasteiger partial charge in [-0.15, -0.1) is 0 Å². The highest BCUT2D eigenvalue weighted by molar-refractivity contribution is 4.75. The standard InChI is InChI=1S/C9H18F2N2/c1-7(12)6-13-4-2-8(3-5-13)9(10)11/h7-9H,2-6,12H2,1H3/t7-/m0/s1. The van der Waals surface area contributed by atoms with Gasteiger partial charge in [0.2, 0.25) is 6.43 Å². The van der Waals surface area contributed by atoms with Crippen molar-refractivity contribution in [2.24, 2.45) is 11.7 Å². The fraction of sp³-hybridized carbons (Fsp3) is 1.00. The van der Waals surface area contributed by atoms with Crippen LogP contribution in [0.4, 0.5) is 8.78 Å². The molecule has 1 fully saturated rings. The van der Waals surface area contributed by atoms with Crippen LogP contribution in [0, 0.1) is 5.92 Å². The maximum atomic E-state index is 12.3. The maximum absolute atomic E-state index is 12.3. The second-order valence-corrected chi connectivity index (χ2v) is 3.95. The van der Waals surface area contributed by atoms with Gasteiger partial charge in [-0.05, 0) is 32.9 Å². The Morgan fingerprint density at radius 1 is 1.38 bits per heavy atom. The first kappa shape index (κ1) is 10.9. The highest BCUT2D eigenvalue weighted by Crippen LogP contribution is 2.23. The molecule has 0 unspecified atom stereocenters. The van der Waals surface area contributed by atoms with Crippen LogP contribution in [-0.2, 0) is 0 Å². The van der Waals surface area contributed by atoms with Crippen molar-refractivity contribution in [2.75, 3.05) is 19.6 Å². The third-order valence-corrected chi connectivity index (χ3v) is 2.53. The van der Waals surface area contributed by atoms with Gasteiger partial charge in [0.15, 0.2) is 0 Å². The topological polar surface area (TPSA) is 29.3 Å². The first-order chi connectivity index (χ1) is 6.09. The summed E-state index contributed by atoms with van der Waals surface area (Å²) < 4.78 is 24.5. The van der Waals surface area contributed by atoms with E-state index in [4.69, 9.17) is 5.73 Å². The summed E-state index contributed by atoms with van der Waals surface area (Å²) in [7, 11) is 0. The summed E-state index contributed by atoms with van der Waals surface area (Å²) >= 11 is 0. The molecule has 0 bridgehead atoms. The quantitative estimate of drug-likeness (QED) is 0.730. The molecule has 0 aromatic rings. The van der Waals surface area contributed by atoms with Gasteiger partial charge in [-0.1, -0.05) is 0 Å². The van der Waals surface area contributed by atoms with E-state index in [1.807, 2.05) is 6.92 Å². The van der Waals surface area contributed by atoms with Crippen LogP contribution in [0.25, 0.3) is 0 Å². The van der Waals surface area contributed by atoms with E-state index in [0.717, 1.165) is 19.6 Å². The SMILES string of the molecule is C[C@H](N)CN1CCC(C(F)F)CC1. The predicted molar refractivity (Wildman–Crippen MR) is 48.8 cm³/mol. The normalized spacial score (nSPS) is 23.8. The van der Waals surface area contributed by atoms with Crippen molar-refractivity contribution in [1.82, 2.24) is 4.90 Å². The smallest absolute Gasteiger partial charge is 0.241 e. The van der Waals surface area contributed by atoms with Gasteiger partial charge in [0.1, 0.15) is 0 Å². The second-order valence-electron chi connectivity index (χ2n) is 3.95. The molecule has 78 valence electrons. The van der Waals surface area contributed by atoms with Crippen LogP contribution >= 0.6 is 0 Å². The van der Waals surface area contributed by atoms with E-state index in [1.54, 1.807) is 0 Å². The zero-order chi connectivity index (χ0) is 9.84. The number of rotatable bonds is 3. The van der Waals surface area contributed by atoms with E-state index < -0.39 is 6.43 Å². The number of alkyl halides is 2. The van der Waals surface area contributed by atoms with Crippen LogP contribution in [0.3, 0.4) is 0 Å². The predicted octanol–water partition coefficient (Wildman–Crippen LogP) is 1.31. The Hall–Kier alpha value is -0.220. The molecule has 1 aliphatic heterocycles. The first-order valence-corrected chi connectivity index (χ1v) is 4.85. The molecule has 0 aliphatic carbocycles. The summed E-state index contributed by atoms with van der Waals surface area (Å²) in [5, 5.41) is 0. The summed E-state index contributed by atoms with van der Waals surface area (Å²) in [6, 6.07) is 0.142. The molecule has 0 aromatic carbocycles. The Morgan fingerprint density at radius 2 is 1.92 bits per heavy atom. The lowest BCUT2D eigenvalue weighted by Crippen LogP contribution is -2.41. The Morgan fingerprint density at radius 3 is 2.31 bits per heavy atom. The van der Waals surface area contributed by atoms with Gasteiger partial charge in [0, 0.05) is 18.5 Å². The molecular weight excluding hydrogens is 174 g/mol. The van der Waals surface area contributed by atoms with Gasteiger partial charge < -0.3 is 10.6 Å². The van der Waals surface area contributed by atoms with Gasteiger partial charge in [-0.25, -0.2) is 8.78 Å². The van der Waals surface area contributed by atoms with Gasteiger partial charge in [0.05, 0.1) is 0 Å². The molecule has 2 N–H and O–H groups in total. The maximum Gasteiger partial charge on any atom is 0.241 e. The Bertz CT molecular complexity index is 143. The van der Waals surface area contributed by atoms with Gasteiger partial charge in [-0.3, -0.25) is 0 Å². The van der Waals surface area contributed by atoms with Crippen molar-refractivity contribution in [2.45, 2.75) is 32.2 Å². The van der Waals surface area contributed by atoms with E-state index in [0.29, 0.717) is 12.8 Å². The molecule has 0 aromatic heterocycles. The molecule has 13 heavy (non-hydrogen) atoms. The second kappa shape index (κ2) is 4.86. The molecular formula is C9H18F2N2. The highest BCUT2D eigenvalue weighted by Gasteiger charge is 2.25. The first-order valence-electron chi connectivity index (χ1n) is 4.85. The fourth-order valence-electron chi connectivity index (χ4n) is 1.79. The highest BCUT2D eigenvalue weighted by atomic mass is 19.3. The molecule has 1 rings (SSSR count). The number of hydrogen-bond acceptors (Lipinski definition) is 2. The lowest BCUT2D eigenvalue weighted by molar-refractivity contribution is 0.0345. The van der Waals surface area contributed by atoms with Gasteiger partial charge in [-0.2, -0.15) is 0 Å². The van der Waals surface area contributed by atoms with Crippen LogP contribution in [-0.4, -0.2) is 37.0 Å². The van der Waals surface area contributed by atoms with Crippen molar-refractivity contribution in [1.29, 1.82) is 0 Å². The van der Waals surface area contributed by atoms with Crippen LogP contribution in [0.15, 0.2) is 0 Å². The minimum atomic E-state index is -2.14. The van der Waals surface area contributed by atoms with Crippen LogP contribution in [0.2, 0.25) is 0 Å². The molecule has 0 saturated carbocycles. The third-order valence-electron chi connectivity index (χ3n) is 2.53. The summed E-state index contributed by atoms with van der Waals surface area (Å²) in [5.41, 5.74) is 5.63. The molecule has 4 heteroatoms. The Balaban J connectivity index is 2.22. The zero-order valence-electron chi connectivity index (χ0n) is 8.05. The van der Waals surface area contributed by atoms with Crippen molar-refractivity contribution < 1.29 is 8.78 Å². The Kier molecular flexibility index (Phi) is 4.06. The number of hydrogen-bond donors (Lipinski definition) is 1. The van der Waals surface area contributed by atoms with E-state index in [9.17, 15) is 8.78 Å². The summed E-state index contributed by atoms with van der Waals surface area (Å²) in [4.78, 5) is 2.17. The monoisotopic (exact) mass is 192 g/mol. The third kappa shape index (κ3) is 3.56. The van der Waals surface area contributed by atoms with Crippen LogP contribution in [0.5, 0.6) is 0 Å². The number of halogens is 2. The van der Waals surface area contributed by atoms with E-state index in [2.05, 4.69) is 4.90 Å². The summed E-state index contributed by atoms with van der Waals surface area (Å²) in [6.45, 7) is 4.32. The van der Waals surface area contributed by atoms with Gasteiger partial charge >= 0.3 is 0 Å². The molecule has 0 radical (unpaired) electrons. The molecule has 2 nitrogen and oxygen atoms in total. The lowest BCUT2D eigenvalue weighted by atomic mass is 9.97. The van der Waals surface area contributed by atoms with Crippen LogP contribution < -0.4 is 5.73 Å². The molecule has 0 spiro atoms. The minimum absolute atomic E-state index is 0.142. The average Bonchev–Trinajstić information content (AvgIpc) is 2.04. The minimum Gasteiger partial charge on any atom is -0.327 e. The summed E-state index contributed by atoms with van der Waals surface area (Å²) in [6.07, 6.45) is -0.910. The van der Waals surface area contributed by atoms with Gasteiger partial charge in [0.25, 0.3) is 0 Å². The average molecular weight is 192 g/mol. The molecule has 0 amide bonds. The molecule has 1 atom stereocenters.